The van der Waals surface area contributed by atoms with Crippen LogP contribution in [0.15, 0.2) is 24.8 Å². The molecule has 0 unspecified atom stereocenters. The molecule has 1 aromatic heterocycles. The van der Waals surface area contributed by atoms with Crippen LogP contribution in [0.4, 0.5) is 0 Å². The summed E-state index contributed by atoms with van der Waals surface area (Å²) in [5.41, 5.74) is 6.47. The standard InChI is InChI=1S/C23H26N2O2/c1-15-7-8-16(26)5-4-6-19-22(15)23-18-10-12-21(27)17(18)9-11-20(23)25(19)14-13-24(2)3/h4,6,9,11H,1,5,7-8,10,12-14H2,2-3H3/b6-4-. The molecule has 0 fully saturated rings. The van der Waals surface area contributed by atoms with E-state index < -0.39 is 0 Å². The molecule has 2 aliphatic carbocycles. The molecule has 0 saturated heterocycles. The predicted molar refractivity (Wildman–Crippen MR) is 110 cm³/mol. The van der Waals surface area contributed by atoms with Crippen molar-refractivity contribution in [1.29, 1.82) is 0 Å². The van der Waals surface area contributed by atoms with Gasteiger partial charge in [-0.05, 0) is 56.3 Å². The summed E-state index contributed by atoms with van der Waals surface area (Å²) < 4.78 is 2.34. The minimum atomic E-state index is 0.237. The maximum Gasteiger partial charge on any atom is 0.163 e. The largest absolute Gasteiger partial charge is 0.339 e. The van der Waals surface area contributed by atoms with Gasteiger partial charge in [-0.2, -0.15) is 0 Å². The summed E-state index contributed by atoms with van der Waals surface area (Å²) >= 11 is 0. The molecule has 27 heavy (non-hydrogen) atoms. The van der Waals surface area contributed by atoms with E-state index in [0.29, 0.717) is 25.7 Å². The van der Waals surface area contributed by atoms with Crippen LogP contribution in [0.3, 0.4) is 0 Å². The number of carbonyl (C=O) groups excluding carboxylic acids is 2. The Kier molecular flexibility index (Phi) is 4.60. The third kappa shape index (κ3) is 3.08. The molecule has 0 N–H and O–H groups in total. The Morgan fingerprint density at radius 3 is 2.70 bits per heavy atom. The highest BCUT2D eigenvalue weighted by atomic mass is 16.1. The number of likely N-dealkylation sites (N-methyl/N-ethyl adjacent to an activating group) is 1. The number of hydrogen-bond donors (Lipinski definition) is 0. The molecular weight excluding hydrogens is 336 g/mol. The fourth-order valence-corrected chi connectivity index (χ4v) is 4.32. The van der Waals surface area contributed by atoms with Gasteiger partial charge in [0.15, 0.2) is 5.78 Å². The van der Waals surface area contributed by atoms with Crippen molar-refractivity contribution < 1.29 is 9.59 Å². The predicted octanol–water partition coefficient (Wildman–Crippen LogP) is 4.11. The second-order valence-electron chi connectivity index (χ2n) is 7.87. The lowest BCUT2D eigenvalue weighted by Gasteiger charge is -2.14. The van der Waals surface area contributed by atoms with E-state index in [1.54, 1.807) is 0 Å². The highest BCUT2D eigenvalue weighted by Gasteiger charge is 2.27. The maximum absolute atomic E-state index is 12.3. The molecule has 1 aromatic carbocycles. The number of fused-ring (bicyclic) bond motifs is 5. The van der Waals surface area contributed by atoms with Gasteiger partial charge in [0, 0.05) is 60.1 Å². The van der Waals surface area contributed by atoms with E-state index >= 15 is 0 Å². The first-order valence-electron chi connectivity index (χ1n) is 9.69. The fourth-order valence-electron chi connectivity index (χ4n) is 4.32. The molecule has 0 atom stereocenters. The SMILES string of the molecule is C=C1CCC(=O)C/C=C\c2c1c1c3c(ccc1n2CCN(C)C)C(=O)CC3. The first-order valence-corrected chi connectivity index (χ1v) is 9.69. The number of Topliss-reactive ketones (excluding diaryl/α,β-unsaturated/α-hetero) is 2. The number of carbonyl (C=O) groups is 2. The van der Waals surface area contributed by atoms with Crippen molar-refractivity contribution in [1.82, 2.24) is 9.47 Å². The monoisotopic (exact) mass is 362 g/mol. The lowest BCUT2D eigenvalue weighted by molar-refractivity contribution is -0.118. The zero-order chi connectivity index (χ0) is 19.1. The van der Waals surface area contributed by atoms with Crippen LogP contribution in [0.5, 0.6) is 0 Å². The maximum atomic E-state index is 12.3. The average Bonchev–Trinajstić information content (AvgIpc) is 3.16. The van der Waals surface area contributed by atoms with Gasteiger partial charge in [-0.1, -0.05) is 12.7 Å². The Morgan fingerprint density at radius 2 is 1.93 bits per heavy atom. The first kappa shape index (κ1) is 17.9. The Hall–Kier alpha value is -2.46. The highest BCUT2D eigenvalue weighted by Crippen LogP contribution is 2.40. The van der Waals surface area contributed by atoms with E-state index in [9.17, 15) is 9.59 Å². The number of benzene rings is 1. The molecule has 2 aliphatic rings. The number of aryl methyl sites for hydroxylation is 1. The van der Waals surface area contributed by atoms with Crippen molar-refractivity contribution in [3.8, 4) is 0 Å². The highest BCUT2D eigenvalue weighted by molar-refractivity contribution is 6.09. The quantitative estimate of drug-likeness (QED) is 0.825. The molecule has 0 saturated carbocycles. The number of aromatic nitrogens is 1. The fraction of sp³-hybridized carbons (Fsp3) is 0.391. The van der Waals surface area contributed by atoms with Crippen molar-refractivity contribution in [3.63, 3.8) is 0 Å². The van der Waals surface area contributed by atoms with Gasteiger partial charge in [0.25, 0.3) is 0 Å². The van der Waals surface area contributed by atoms with Gasteiger partial charge >= 0.3 is 0 Å². The zero-order valence-corrected chi connectivity index (χ0v) is 16.2. The van der Waals surface area contributed by atoms with Gasteiger partial charge in [0.05, 0.1) is 0 Å². The van der Waals surface area contributed by atoms with Crippen LogP contribution in [0.2, 0.25) is 0 Å². The summed E-state index contributed by atoms with van der Waals surface area (Å²) in [5, 5.41) is 1.18. The van der Waals surface area contributed by atoms with Crippen molar-refractivity contribution in [2.45, 2.75) is 38.6 Å². The number of hydrogen-bond acceptors (Lipinski definition) is 3. The summed E-state index contributed by atoms with van der Waals surface area (Å²) in [6.45, 7) is 6.12. The van der Waals surface area contributed by atoms with Crippen LogP contribution in [-0.4, -0.2) is 41.7 Å². The average molecular weight is 362 g/mol. The summed E-state index contributed by atoms with van der Waals surface area (Å²) in [5.74, 6) is 0.489. The van der Waals surface area contributed by atoms with Crippen LogP contribution in [0, 0.1) is 0 Å². The molecule has 1 heterocycles. The molecule has 4 nitrogen and oxygen atoms in total. The van der Waals surface area contributed by atoms with Crippen LogP contribution >= 0.6 is 0 Å². The van der Waals surface area contributed by atoms with Crippen molar-refractivity contribution in [2.75, 3.05) is 20.6 Å². The molecule has 140 valence electrons. The van der Waals surface area contributed by atoms with Gasteiger partial charge in [-0.3, -0.25) is 9.59 Å². The number of rotatable bonds is 3. The second-order valence-corrected chi connectivity index (χ2v) is 7.87. The summed E-state index contributed by atoms with van der Waals surface area (Å²) in [7, 11) is 4.15. The van der Waals surface area contributed by atoms with Crippen LogP contribution in [0.1, 0.15) is 52.9 Å². The minimum absolute atomic E-state index is 0.237. The van der Waals surface area contributed by atoms with E-state index in [-0.39, 0.29) is 11.6 Å². The summed E-state index contributed by atoms with van der Waals surface area (Å²) in [6, 6.07) is 4.09. The molecule has 0 amide bonds. The third-order valence-corrected chi connectivity index (χ3v) is 5.73. The minimum Gasteiger partial charge on any atom is -0.339 e. The molecule has 0 bridgehead atoms. The van der Waals surface area contributed by atoms with Gasteiger partial charge in [-0.15, -0.1) is 0 Å². The van der Waals surface area contributed by atoms with Gasteiger partial charge in [0.2, 0.25) is 0 Å². The van der Waals surface area contributed by atoms with Gasteiger partial charge < -0.3 is 9.47 Å². The van der Waals surface area contributed by atoms with Gasteiger partial charge in [-0.25, -0.2) is 0 Å². The Balaban J connectivity index is 2.00. The lowest BCUT2D eigenvalue weighted by Crippen LogP contribution is -2.19. The molecular formula is C23H26N2O2. The molecule has 4 heteroatoms. The van der Waals surface area contributed by atoms with Crippen LogP contribution < -0.4 is 0 Å². The topological polar surface area (TPSA) is 42.3 Å². The number of nitrogens with zero attached hydrogens (tertiary/aromatic N) is 2. The number of allylic oxidation sites excluding steroid dienone is 2. The van der Waals surface area contributed by atoms with Gasteiger partial charge in [0.1, 0.15) is 5.78 Å². The molecule has 0 radical (unpaired) electrons. The van der Waals surface area contributed by atoms with E-state index in [2.05, 4.69) is 42.3 Å². The first-order chi connectivity index (χ1) is 13.0. The van der Waals surface area contributed by atoms with Crippen LogP contribution in [-0.2, 0) is 17.8 Å². The van der Waals surface area contributed by atoms with Crippen molar-refractivity contribution in [2.24, 2.45) is 0 Å². The summed E-state index contributed by atoms with van der Waals surface area (Å²) in [4.78, 5) is 26.5. The van der Waals surface area contributed by atoms with E-state index in [1.807, 2.05) is 12.1 Å². The smallest absolute Gasteiger partial charge is 0.163 e. The molecule has 4 rings (SSSR count). The lowest BCUT2D eigenvalue weighted by atomic mass is 9.94. The summed E-state index contributed by atoms with van der Waals surface area (Å²) in [6.07, 6.45) is 7.13. The van der Waals surface area contributed by atoms with E-state index in [1.165, 1.54) is 10.9 Å². The Bertz CT molecular complexity index is 992. The molecule has 0 spiro atoms. The third-order valence-electron chi connectivity index (χ3n) is 5.73. The van der Waals surface area contributed by atoms with Crippen LogP contribution in [0.25, 0.3) is 22.6 Å². The molecule has 0 aliphatic heterocycles. The Labute approximate surface area is 160 Å². The number of ketones is 2. The Morgan fingerprint density at radius 1 is 1.11 bits per heavy atom. The zero-order valence-electron chi connectivity index (χ0n) is 16.2. The van der Waals surface area contributed by atoms with E-state index in [4.69, 9.17) is 0 Å². The van der Waals surface area contributed by atoms with Crippen molar-refractivity contribution >= 4 is 34.1 Å². The molecule has 2 aromatic rings. The van der Waals surface area contributed by atoms with Crippen molar-refractivity contribution in [3.05, 3.63) is 47.2 Å². The second kappa shape index (κ2) is 6.93. The van der Waals surface area contributed by atoms with E-state index in [0.717, 1.165) is 47.5 Å². The normalized spacial score (nSPS) is 18.4.